The van der Waals surface area contributed by atoms with Crippen molar-refractivity contribution in [3.63, 3.8) is 0 Å². The predicted octanol–water partition coefficient (Wildman–Crippen LogP) is 2.16. The molecule has 0 atom stereocenters. The molecule has 0 bridgehead atoms. The second-order valence-corrected chi connectivity index (χ2v) is 2.99. The lowest BCUT2D eigenvalue weighted by Crippen LogP contribution is -2.16. The van der Waals surface area contributed by atoms with Crippen LogP contribution in [0.5, 0.6) is 0 Å². The average Bonchev–Trinajstić information content (AvgIpc) is 2.10. The molecule has 1 nitrogen and oxygen atoms in total. The van der Waals surface area contributed by atoms with Crippen molar-refractivity contribution in [2.75, 3.05) is 6.54 Å². The predicted molar refractivity (Wildman–Crippen MR) is 57.8 cm³/mol. The molecule has 0 rings (SSSR count). The zero-order chi connectivity index (χ0) is 10.1. The van der Waals surface area contributed by atoms with E-state index in [-0.39, 0.29) is 0 Å². The summed E-state index contributed by atoms with van der Waals surface area (Å²) in [6, 6.07) is 0. The Kier molecular flexibility index (Phi) is 6.56. The number of nitrogens with one attached hydrogen (secondary N) is 1. The van der Waals surface area contributed by atoms with Gasteiger partial charge in [-0.3, -0.25) is 0 Å². The first-order valence-electron chi connectivity index (χ1n) is 4.56. The van der Waals surface area contributed by atoms with Crippen molar-refractivity contribution < 1.29 is 0 Å². The van der Waals surface area contributed by atoms with Crippen molar-refractivity contribution in [1.82, 2.24) is 5.32 Å². The summed E-state index contributed by atoms with van der Waals surface area (Å²) in [6.45, 7) is 10.7. The number of hydrogen-bond donors (Lipinski definition) is 1. The Balaban J connectivity index is 3.65. The summed E-state index contributed by atoms with van der Waals surface area (Å²) < 4.78 is 0. The van der Waals surface area contributed by atoms with Gasteiger partial charge in [-0.1, -0.05) is 39.2 Å². The van der Waals surface area contributed by atoms with E-state index in [1.54, 1.807) is 0 Å². The standard InChI is InChI=1S/C12H17N/c1-5-6-7-8-9-10-13-12(4)11(2)3/h11,13H,4-5,10H2,1-3H3. The number of rotatable bonds is 3. The Morgan fingerprint density at radius 1 is 1.31 bits per heavy atom. The van der Waals surface area contributed by atoms with Gasteiger partial charge in [0, 0.05) is 12.1 Å². The summed E-state index contributed by atoms with van der Waals surface area (Å²) in [5.41, 5.74) is 1.03. The van der Waals surface area contributed by atoms with E-state index < -0.39 is 0 Å². The molecule has 70 valence electrons. The molecule has 0 spiro atoms. The highest BCUT2D eigenvalue weighted by atomic mass is 14.9. The van der Waals surface area contributed by atoms with Crippen molar-refractivity contribution in [2.45, 2.75) is 27.2 Å². The summed E-state index contributed by atoms with van der Waals surface area (Å²) >= 11 is 0. The fraction of sp³-hybridized carbons (Fsp3) is 0.500. The van der Waals surface area contributed by atoms with Crippen LogP contribution >= 0.6 is 0 Å². The third-order valence-corrected chi connectivity index (χ3v) is 1.52. The van der Waals surface area contributed by atoms with Gasteiger partial charge in [-0.05, 0) is 17.8 Å². The van der Waals surface area contributed by atoms with E-state index in [9.17, 15) is 0 Å². The van der Waals surface area contributed by atoms with Crippen LogP contribution in [0.3, 0.4) is 0 Å². The van der Waals surface area contributed by atoms with E-state index in [4.69, 9.17) is 0 Å². The summed E-state index contributed by atoms with van der Waals surface area (Å²) in [7, 11) is 0. The molecular formula is C12H17N. The zero-order valence-corrected chi connectivity index (χ0v) is 8.70. The molecule has 0 aliphatic heterocycles. The largest absolute Gasteiger partial charge is 0.378 e. The third kappa shape index (κ3) is 7.04. The van der Waals surface area contributed by atoms with Gasteiger partial charge in [-0.25, -0.2) is 0 Å². The fourth-order valence-electron chi connectivity index (χ4n) is 0.583. The van der Waals surface area contributed by atoms with Crippen LogP contribution in [-0.4, -0.2) is 6.54 Å². The van der Waals surface area contributed by atoms with Crippen molar-refractivity contribution in [3.8, 4) is 23.7 Å². The minimum atomic E-state index is 0.462. The normalized spacial score (nSPS) is 8.00. The maximum absolute atomic E-state index is 3.87. The second-order valence-electron chi connectivity index (χ2n) is 2.99. The van der Waals surface area contributed by atoms with Crippen LogP contribution in [0.1, 0.15) is 27.2 Å². The van der Waals surface area contributed by atoms with Gasteiger partial charge in [-0.2, -0.15) is 0 Å². The molecule has 0 aliphatic carbocycles. The maximum atomic E-state index is 3.87. The van der Waals surface area contributed by atoms with Gasteiger partial charge in [0.2, 0.25) is 0 Å². The highest BCUT2D eigenvalue weighted by Gasteiger charge is 1.95. The molecule has 0 unspecified atom stereocenters. The zero-order valence-electron chi connectivity index (χ0n) is 8.70. The Hall–Kier alpha value is -1.34. The lowest BCUT2D eigenvalue weighted by atomic mass is 10.1. The van der Waals surface area contributed by atoms with Crippen LogP contribution in [0.2, 0.25) is 0 Å². The van der Waals surface area contributed by atoms with E-state index in [1.807, 2.05) is 6.92 Å². The average molecular weight is 175 g/mol. The van der Waals surface area contributed by atoms with E-state index in [0.717, 1.165) is 12.1 Å². The minimum Gasteiger partial charge on any atom is -0.378 e. The van der Waals surface area contributed by atoms with Gasteiger partial charge in [0.1, 0.15) is 0 Å². The second kappa shape index (κ2) is 7.32. The Bertz CT molecular complexity index is 265. The maximum Gasteiger partial charge on any atom is 0.0773 e. The molecule has 0 fully saturated rings. The number of allylic oxidation sites excluding steroid dienone is 1. The quantitative estimate of drug-likeness (QED) is 0.648. The van der Waals surface area contributed by atoms with Gasteiger partial charge >= 0.3 is 0 Å². The molecule has 1 heteroatoms. The molecule has 0 aromatic heterocycles. The topological polar surface area (TPSA) is 12.0 Å². The smallest absolute Gasteiger partial charge is 0.0773 e. The summed E-state index contributed by atoms with van der Waals surface area (Å²) in [6.07, 6.45) is 0.862. The van der Waals surface area contributed by atoms with Gasteiger partial charge in [0.15, 0.2) is 0 Å². The van der Waals surface area contributed by atoms with Crippen LogP contribution in [0.25, 0.3) is 0 Å². The Morgan fingerprint density at radius 2 is 1.92 bits per heavy atom. The first-order chi connectivity index (χ1) is 6.18. The highest BCUT2D eigenvalue weighted by molar-refractivity contribution is 5.26. The molecule has 0 aromatic carbocycles. The van der Waals surface area contributed by atoms with Gasteiger partial charge in [-0.15, -0.1) is 0 Å². The van der Waals surface area contributed by atoms with Crippen molar-refractivity contribution in [1.29, 1.82) is 0 Å². The van der Waals surface area contributed by atoms with Crippen LogP contribution in [0, 0.1) is 29.6 Å². The molecule has 0 radical (unpaired) electrons. The third-order valence-electron chi connectivity index (χ3n) is 1.52. The van der Waals surface area contributed by atoms with Crippen LogP contribution in [0.15, 0.2) is 12.3 Å². The molecule has 1 N–H and O–H groups in total. The van der Waals surface area contributed by atoms with Crippen molar-refractivity contribution in [3.05, 3.63) is 12.3 Å². The van der Waals surface area contributed by atoms with Gasteiger partial charge < -0.3 is 5.32 Å². The van der Waals surface area contributed by atoms with Crippen LogP contribution in [-0.2, 0) is 0 Å². The van der Waals surface area contributed by atoms with E-state index in [1.165, 1.54) is 0 Å². The highest BCUT2D eigenvalue weighted by Crippen LogP contribution is 2.00. The van der Waals surface area contributed by atoms with E-state index in [0.29, 0.717) is 12.5 Å². The number of hydrogen-bond acceptors (Lipinski definition) is 1. The molecule has 13 heavy (non-hydrogen) atoms. The molecule has 0 aliphatic rings. The molecule has 0 aromatic rings. The van der Waals surface area contributed by atoms with Gasteiger partial charge in [0.05, 0.1) is 6.54 Å². The molecule has 0 saturated heterocycles. The Labute approximate surface area is 81.6 Å². The fourth-order valence-corrected chi connectivity index (χ4v) is 0.583. The molecule has 0 saturated carbocycles. The summed E-state index contributed by atoms with van der Waals surface area (Å²) in [5, 5.41) is 3.12. The summed E-state index contributed by atoms with van der Waals surface area (Å²) in [4.78, 5) is 0. The van der Waals surface area contributed by atoms with E-state index >= 15 is 0 Å². The molecular weight excluding hydrogens is 158 g/mol. The lowest BCUT2D eigenvalue weighted by molar-refractivity contribution is 0.688. The first kappa shape index (κ1) is 11.7. The molecule has 0 heterocycles. The monoisotopic (exact) mass is 175 g/mol. The van der Waals surface area contributed by atoms with Crippen LogP contribution in [0.4, 0.5) is 0 Å². The lowest BCUT2D eigenvalue weighted by Gasteiger charge is -2.08. The Morgan fingerprint density at radius 3 is 2.46 bits per heavy atom. The van der Waals surface area contributed by atoms with Gasteiger partial charge in [0.25, 0.3) is 0 Å². The SMILES string of the molecule is C=C(NCC#CC#CCC)C(C)C. The van der Waals surface area contributed by atoms with E-state index in [2.05, 4.69) is 49.4 Å². The first-order valence-corrected chi connectivity index (χ1v) is 4.56. The minimum absolute atomic E-state index is 0.462. The summed E-state index contributed by atoms with van der Waals surface area (Å²) in [5.74, 6) is 11.8. The molecule has 0 amide bonds. The van der Waals surface area contributed by atoms with Crippen molar-refractivity contribution in [2.24, 2.45) is 5.92 Å². The van der Waals surface area contributed by atoms with Crippen molar-refractivity contribution >= 4 is 0 Å². The van der Waals surface area contributed by atoms with Crippen LogP contribution < -0.4 is 5.32 Å².